The number of carbonyl (C=O) groups excluding carboxylic acids is 1. The summed E-state index contributed by atoms with van der Waals surface area (Å²) >= 11 is 0. The summed E-state index contributed by atoms with van der Waals surface area (Å²) in [6.45, 7) is 1.42. The van der Waals surface area contributed by atoms with Crippen LogP contribution in [-0.4, -0.2) is 37.7 Å². The topological polar surface area (TPSA) is 56.8 Å². The van der Waals surface area contributed by atoms with Gasteiger partial charge in [0, 0.05) is 6.42 Å². The highest BCUT2D eigenvalue weighted by Gasteiger charge is 2.34. The highest BCUT2D eigenvalue weighted by molar-refractivity contribution is 5.70. The van der Waals surface area contributed by atoms with Crippen molar-refractivity contribution >= 4 is 6.09 Å². The molecule has 1 aromatic carbocycles. The first kappa shape index (κ1) is 15.2. The smallest absolute Gasteiger partial charge is 0.407 e. The third kappa shape index (κ3) is 3.96. The Labute approximate surface area is 128 Å². The van der Waals surface area contributed by atoms with Crippen LogP contribution in [0.4, 0.5) is 9.18 Å². The number of alkyl carbamates (subject to hydrolysis) is 1. The predicted octanol–water partition coefficient (Wildman–Crippen LogP) is 2.39. The van der Waals surface area contributed by atoms with Crippen LogP contribution in [0.25, 0.3) is 0 Å². The summed E-state index contributed by atoms with van der Waals surface area (Å²) in [6, 6.07) is 6.24. The Morgan fingerprint density at radius 1 is 1.23 bits per heavy atom. The van der Waals surface area contributed by atoms with Crippen molar-refractivity contribution in [3.8, 4) is 0 Å². The van der Waals surface area contributed by atoms with Gasteiger partial charge < -0.3 is 19.5 Å². The molecule has 3 rings (SSSR count). The fraction of sp³-hybridized carbons (Fsp3) is 0.562. The van der Waals surface area contributed by atoms with Crippen LogP contribution in [0.2, 0.25) is 0 Å². The van der Waals surface area contributed by atoms with Crippen LogP contribution in [0.5, 0.6) is 0 Å². The molecule has 2 atom stereocenters. The Bertz CT molecular complexity index is 519. The lowest BCUT2D eigenvalue weighted by Crippen LogP contribution is -2.35. The summed E-state index contributed by atoms with van der Waals surface area (Å²) in [7, 11) is 0. The number of hydrogen-bond donors (Lipinski definition) is 1. The van der Waals surface area contributed by atoms with Gasteiger partial charge in [0.2, 0.25) is 0 Å². The van der Waals surface area contributed by atoms with Crippen molar-refractivity contribution in [3.05, 3.63) is 35.6 Å². The number of amides is 1. The molecule has 0 aliphatic carbocycles. The lowest BCUT2D eigenvalue weighted by molar-refractivity contribution is -0.183. The molecule has 1 N–H and O–H groups in total. The fourth-order valence-electron chi connectivity index (χ4n) is 2.86. The molecule has 5 nitrogen and oxygen atoms in total. The van der Waals surface area contributed by atoms with Gasteiger partial charge >= 0.3 is 6.09 Å². The molecule has 0 bridgehead atoms. The normalized spacial score (nSPS) is 25.8. The van der Waals surface area contributed by atoms with Gasteiger partial charge in [-0.15, -0.1) is 0 Å². The first-order valence-electron chi connectivity index (χ1n) is 7.65. The molecule has 2 aliphatic heterocycles. The van der Waals surface area contributed by atoms with E-state index in [2.05, 4.69) is 5.32 Å². The number of rotatable bonds is 5. The van der Waals surface area contributed by atoms with Crippen LogP contribution < -0.4 is 5.32 Å². The van der Waals surface area contributed by atoms with E-state index in [1.165, 1.54) is 12.1 Å². The Hall–Kier alpha value is -1.66. The third-order valence-corrected chi connectivity index (χ3v) is 3.94. The average molecular weight is 309 g/mol. The summed E-state index contributed by atoms with van der Waals surface area (Å²) in [4.78, 5) is 11.5. The summed E-state index contributed by atoms with van der Waals surface area (Å²) in [6.07, 6.45) is 1.91. The van der Waals surface area contributed by atoms with E-state index in [1.54, 1.807) is 6.07 Å². The summed E-state index contributed by atoms with van der Waals surface area (Å²) < 4.78 is 29.6. The van der Waals surface area contributed by atoms with Crippen molar-refractivity contribution in [2.45, 2.75) is 44.1 Å². The van der Waals surface area contributed by atoms with Crippen LogP contribution >= 0.6 is 0 Å². The highest BCUT2D eigenvalue weighted by atomic mass is 19.1. The van der Waals surface area contributed by atoms with Gasteiger partial charge in [-0.25, -0.2) is 9.18 Å². The lowest BCUT2D eigenvalue weighted by atomic mass is 9.99. The Balaban J connectivity index is 1.55. The van der Waals surface area contributed by atoms with Crippen molar-refractivity contribution in [2.75, 3.05) is 13.2 Å². The minimum absolute atomic E-state index is 0.155. The molecule has 1 aromatic rings. The number of ether oxygens (including phenoxy) is 3. The van der Waals surface area contributed by atoms with Crippen LogP contribution in [-0.2, 0) is 20.6 Å². The summed E-state index contributed by atoms with van der Waals surface area (Å²) in [5.41, 5.74) is 0.839. The predicted molar refractivity (Wildman–Crippen MR) is 76.8 cm³/mol. The van der Waals surface area contributed by atoms with Gasteiger partial charge in [-0.2, -0.15) is 0 Å². The second-order valence-electron chi connectivity index (χ2n) is 5.63. The molecule has 120 valence electrons. The SMILES string of the molecule is O=C1N[C@@H](Cc2cccc(F)c2)[C@H](CCC2OCCCO2)O1. The average Bonchev–Trinajstić information content (AvgIpc) is 2.86. The Kier molecular flexibility index (Phi) is 4.90. The minimum Gasteiger partial charge on any atom is -0.444 e. The monoisotopic (exact) mass is 309 g/mol. The van der Waals surface area contributed by atoms with Crippen LogP contribution in [0.3, 0.4) is 0 Å². The van der Waals surface area contributed by atoms with E-state index >= 15 is 0 Å². The minimum atomic E-state index is -0.420. The number of nitrogens with one attached hydrogen (secondary N) is 1. The van der Waals surface area contributed by atoms with Crippen LogP contribution in [0.1, 0.15) is 24.8 Å². The Morgan fingerprint density at radius 2 is 2.05 bits per heavy atom. The maximum absolute atomic E-state index is 13.3. The number of cyclic esters (lactones) is 1. The zero-order chi connectivity index (χ0) is 15.4. The van der Waals surface area contributed by atoms with E-state index in [0.29, 0.717) is 32.5 Å². The molecule has 22 heavy (non-hydrogen) atoms. The van der Waals surface area contributed by atoms with Crippen molar-refractivity contribution in [2.24, 2.45) is 0 Å². The van der Waals surface area contributed by atoms with Gasteiger partial charge in [0.1, 0.15) is 11.9 Å². The first-order valence-corrected chi connectivity index (χ1v) is 7.65. The number of hydrogen-bond acceptors (Lipinski definition) is 4. The van der Waals surface area contributed by atoms with Gasteiger partial charge in [0.05, 0.1) is 19.3 Å². The molecule has 6 heteroatoms. The van der Waals surface area contributed by atoms with Crippen molar-refractivity contribution in [3.63, 3.8) is 0 Å². The number of carbonyl (C=O) groups is 1. The van der Waals surface area contributed by atoms with E-state index < -0.39 is 6.09 Å². The van der Waals surface area contributed by atoms with E-state index in [1.807, 2.05) is 6.07 Å². The van der Waals surface area contributed by atoms with Crippen molar-refractivity contribution in [1.29, 1.82) is 0 Å². The number of benzene rings is 1. The molecule has 2 fully saturated rings. The highest BCUT2D eigenvalue weighted by Crippen LogP contribution is 2.21. The maximum Gasteiger partial charge on any atom is 0.407 e. The molecule has 0 radical (unpaired) electrons. The second kappa shape index (κ2) is 7.07. The molecule has 2 saturated heterocycles. The van der Waals surface area contributed by atoms with E-state index in [4.69, 9.17) is 14.2 Å². The lowest BCUT2D eigenvalue weighted by Gasteiger charge is -2.25. The van der Waals surface area contributed by atoms with Gasteiger partial charge in [-0.1, -0.05) is 12.1 Å². The first-order chi connectivity index (χ1) is 10.7. The quantitative estimate of drug-likeness (QED) is 0.907. The molecule has 2 heterocycles. The summed E-state index contributed by atoms with van der Waals surface area (Å²) in [5, 5.41) is 2.79. The van der Waals surface area contributed by atoms with Crippen molar-refractivity contribution < 1.29 is 23.4 Å². The number of halogens is 1. The molecule has 1 amide bonds. The Morgan fingerprint density at radius 3 is 2.82 bits per heavy atom. The standard InChI is InChI=1S/C16H20FNO4/c17-12-4-1-3-11(9-12)10-13-14(22-16(19)18-13)5-6-15-20-7-2-8-21-15/h1,3-4,9,13-15H,2,5-8,10H2,(H,18,19)/t13-,14-/m0/s1. The molecular weight excluding hydrogens is 289 g/mol. The molecular formula is C16H20FNO4. The summed E-state index contributed by atoms with van der Waals surface area (Å²) in [5.74, 6) is -0.275. The molecule has 0 aromatic heterocycles. The van der Waals surface area contributed by atoms with E-state index in [0.717, 1.165) is 12.0 Å². The van der Waals surface area contributed by atoms with Crippen molar-refractivity contribution in [1.82, 2.24) is 5.32 Å². The van der Waals surface area contributed by atoms with E-state index in [-0.39, 0.29) is 24.3 Å². The molecule has 0 saturated carbocycles. The third-order valence-electron chi connectivity index (χ3n) is 3.94. The fourth-order valence-corrected chi connectivity index (χ4v) is 2.86. The van der Waals surface area contributed by atoms with Gasteiger partial charge in [0.15, 0.2) is 6.29 Å². The molecule has 0 unspecified atom stereocenters. The zero-order valence-corrected chi connectivity index (χ0v) is 12.3. The molecule has 2 aliphatic rings. The largest absolute Gasteiger partial charge is 0.444 e. The van der Waals surface area contributed by atoms with Gasteiger partial charge in [-0.3, -0.25) is 0 Å². The maximum atomic E-state index is 13.3. The van der Waals surface area contributed by atoms with Gasteiger partial charge in [-0.05, 0) is 37.0 Å². The molecule has 0 spiro atoms. The second-order valence-corrected chi connectivity index (χ2v) is 5.63. The zero-order valence-electron chi connectivity index (χ0n) is 12.3. The van der Waals surface area contributed by atoms with Crippen LogP contribution in [0.15, 0.2) is 24.3 Å². The van der Waals surface area contributed by atoms with Gasteiger partial charge in [0.25, 0.3) is 0 Å². The van der Waals surface area contributed by atoms with Crippen LogP contribution in [0, 0.1) is 5.82 Å². The van der Waals surface area contributed by atoms with E-state index in [9.17, 15) is 9.18 Å².